The summed E-state index contributed by atoms with van der Waals surface area (Å²) >= 11 is 0. The first-order valence-corrected chi connectivity index (χ1v) is 13.8. The van der Waals surface area contributed by atoms with Crippen LogP contribution in [0.25, 0.3) is 0 Å². The molecule has 1 heterocycles. The van der Waals surface area contributed by atoms with Crippen molar-refractivity contribution in [1.29, 1.82) is 0 Å². The number of amides is 1. The molecular formula is C20H30F2N2O8S2. The van der Waals surface area contributed by atoms with Crippen LogP contribution in [-0.4, -0.2) is 88.5 Å². The maximum atomic E-state index is 15.6. The lowest BCUT2D eigenvalue weighted by Gasteiger charge is -2.31. The zero-order valence-electron chi connectivity index (χ0n) is 19.8. The number of carbonyl (C=O) groups is 1. The number of rotatable bonds is 8. The van der Waals surface area contributed by atoms with Gasteiger partial charge in [0.1, 0.15) is 23.4 Å². The van der Waals surface area contributed by atoms with E-state index in [1.165, 1.54) is 40.0 Å². The zero-order chi connectivity index (χ0) is 26.1. The standard InChI is InChI=1S/C20H30F2N2O8S2/c1-19(2,3)32-18(25)23-12-16(20(21,22)17(23)13-31-34(6,28)29)24(33(5,26)27)11-14-7-9-15(30-4)10-8-14/h7-10,16-17H,11-13H2,1-6H3/t16-,17-/m1/s1. The van der Waals surface area contributed by atoms with Crippen molar-refractivity contribution in [2.45, 2.75) is 50.9 Å². The van der Waals surface area contributed by atoms with Crippen LogP contribution in [-0.2, 0) is 35.6 Å². The summed E-state index contributed by atoms with van der Waals surface area (Å²) in [5, 5.41) is 0. The lowest BCUT2D eigenvalue weighted by molar-refractivity contribution is -0.0776. The molecule has 1 fully saturated rings. The van der Waals surface area contributed by atoms with E-state index in [0.29, 0.717) is 26.8 Å². The normalized spacial score (nSPS) is 21.0. The van der Waals surface area contributed by atoms with Gasteiger partial charge in [-0.25, -0.2) is 22.0 Å². The Labute approximate surface area is 198 Å². The lowest BCUT2D eigenvalue weighted by Crippen LogP contribution is -2.52. The van der Waals surface area contributed by atoms with Crippen molar-refractivity contribution < 1.29 is 44.1 Å². The summed E-state index contributed by atoms with van der Waals surface area (Å²) < 4.78 is 94.8. The van der Waals surface area contributed by atoms with E-state index in [1.807, 2.05) is 0 Å². The molecule has 1 aromatic carbocycles. The van der Waals surface area contributed by atoms with Crippen LogP contribution in [0.4, 0.5) is 13.6 Å². The van der Waals surface area contributed by atoms with Gasteiger partial charge in [0.05, 0.1) is 26.2 Å². The van der Waals surface area contributed by atoms with Crippen LogP contribution in [0.3, 0.4) is 0 Å². The smallest absolute Gasteiger partial charge is 0.410 e. The van der Waals surface area contributed by atoms with Gasteiger partial charge in [-0.2, -0.15) is 12.7 Å². The summed E-state index contributed by atoms with van der Waals surface area (Å²) in [6.07, 6.45) is 0.321. The Kier molecular flexibility index (Phi) is 8.23. The Hall–Kier alpha value is -2.03. The van der Waals surface area contributed by atoms with E-state index in [0.717, 1.165) is 6.26 Å². The van der Waals surface area contributed by atoms with Crippen molar-refractivity contribution in [2.75, 3.05) is 32.8 Å². The van der Waals surface area contributed by atoms with Crippen molar-refractivity contribution in [3.05, 3.63) is 29.8 Å². The summed E-state index contributed by atoms with van der Waals surface area (Å²) in [7, 11) is -6.88. The third-order valence-electron chi connectivity index (χ3n) is 4.97. The molecule has 1 aromatic rings. The fourth-order valence-electron chi connectivity index (χ4n) is 3.43. The second-order valence-corrected chi connectivity index (χ2v) is 12.6. The van der Waals surface area contributed by atoms with E-state index in [-0.39, 0.29) is 0 Å². The number of hydrogen-bond acceptors (Lipinski definition) is 8. The summed E-state index contributed by atoms with van der Waals surface area (Å²) in [4.78, 5) is 13.3. The number of hydrogen-bond donors (Lipinski definition) is 0. The highest BCUT2D eigenvalue weighted by molar-refractivity contribution is 7.88. The number of alkyl halides is 2. The summed E-state index contributed by atoms with van der Waals surface area (Å²) in [6.45, 7) is 2.39. The highest BCUT2D eigenvalue weighted by Crippen LogP contribution is 2.40. The van der Waals surface area contributed by atoms with Gasteiger partial charge < -0.3 is 9.47 Å². The molecule has 0 radical (unpaired) electrons. The Balaban J connectivity index is 2.47. The predicted molar refractivity (Wildman–Crippen MR) is 120 cm³/mol. The number of benzene rings is 1. The molecule has 0 spiro atoms. The molecule has 1 aliphatic heterocycles. The van der Waals surface area contributed by atoms with Crippen LogP contribution in [0.1, 0.15) is 26.3 Å². The van der Waals surface area contributed by atoms with Gasteiger partial charge in [-0.3, -0.25) is 9.08 Å². The number of ether oxygens (including phenoxy) is 2. The van der Waals surface area contributed by atoms with E-state index in [9.17, 15) is 21.6 Å². The van der Waals surface area contributed by atoms with Crippen molar-refractivity contribution in [1.82, 2.24) is 9.21 Å². The molecule has 14 heteroatoms. The van der Waals surface area contributed by atoms with Crippen LogP contribution in [0, 0.1) is 0 Å². The van der Waals surface area contributed by atoms with E-state index in [2.05, 4.69) is 4.18 Å². The SMILES string of the molecule is COc1ccc(CN([C@@H]2CN(C(=O)OC(C)(C)C)[C@H](COS(C)(=O)=O)C2(F)F)S(C)(=O)=O)cc1. The maximum Gasteiger partial charge on any atom is 0.410 e. The third-order valence-corrected chi connectivity index (χ3v) is 6.77. The van der Waals surface area contributed by atoms with Gasteiger partial charge in [0.2, 0.25) is 10.0 Å². The third kappa shape index (κ3) is 7.23. The molecule has 0 saturated carbocycles. The van der Waals surface area contributed by atoms with Crippen LogP contribution < -0.4 is 4.74 Å². The number of sulfonamides is 1. The van der Waals surface area contributed by atoms with Crippen molar-refractivity contribution in [2.24, 2.45) is 0 Å². The quantitative estimate of drug-likeness (QED) is 0.471. The Morgan fingerprint density at radius 2 is 1.71 bits per heavy atom. The molecule has 0 bridgehead atoms. The molecule has 2 rings (SSSR count). The Bertz CT molecular complexity index is 1090. The summed E-state index contributed by atoms with van der Waals surface area (Å²) in [6, 6.07) is 2.09. The number of halogens is 2. The van der Waals surface area contributed by atoms with Gasteiger partial charge in [0.25, 0.3) is 16.0 Å². The van der Waals surface area contributed by atoms with E-state index >= 15 is 8.78 Å². The first kappa shape index (κ1) is 28.2. The number of likely N-dealkylation sites (tertiary alicyclic amines) is 1. The minimum atomic E-state index is -4.20. The first-order valence-electron chi connectivity index (χ1n) is 10.2. The van der Waals surface area contributed by atoms with Crippen molar-refractivity contribution in [3.8, 4) is 5.75 Å². The molecule has 1 aliphatic rings. The zero-order valence-corrected chi connectivity index (χ0v) is 21.5. The average molecular weight is 529 g/mol. The lowest BCUT2D eigenvalue weighted by atomic mass is 10.1. The molecule has 34 heavy (non-hydrogen) atoms. The molecule has 2 atom stereocenters. The van der Waals surface area contributed by atoms with Crippen molar-refractivity contribution in [3.63, 3.8) is 0 Å². The van der Waals surface area contributed by atoms with Crippen LogP contribution in [0.2, 0.25) is 0 Å². The molecule has 1 amide bonds. The second-order valence-electron chi connectivity index (χ2n) is 8.98. The number of methoxy groups -OCH3 is 1. The molecule has 0 aromatic heterocycles. The van der Waals surface area contributed by atoms with Crippen LogP contribution >= 0.6 is 0 Å². The monoisotopic (exact) mass is 528 g/mol. The maximum absolute atomic E-state index is 15.6. The number of carbonyl (C=O) groups excluding carboxylic acids is 1. The van der Waals surface area contributed by atoms with E-state index in [4.69, 9.17) is 9.47 Å². The van der Waals surface area contributed by atoms with Gasteiger partial charge in [0.15, 0.2) is 0 Å². The average Bonchev–Trinajstić information content (AvgIpc) is 2.92. The Morgan fingerprint density at radius 3 is 2.15 bits per heavy atom. The molecule has 0 N–H and O–H groups in total. The van der Waals surface area contributed by atoms with Crippen LogP contribution in [0.5, 0.6) is 5.75 Å². The fraction of sp³-hybridized carbons (Fsp3) is 0.650. The topological polar surface area (TPSA) is 120 Å². The minimum absolute atomic E-state index is 0.404. The number of nitrogens with zero attached hydrogens (tertiary/aromatic N) is 2. The first-order chi connectivity index (χ1) is 15.3. The van der Waals surface area contributed by atoms with E-state index < -0.39 is 69.5 Å². The van der Waals surface area contributed by atoms with E-state index in [1.54, 1.807) is 12.1 Å². The summed E-state index contributed by atoms with van der Waals surface area (Å²) in [5.41, 5.74) is -0.631. The Morgan fingerprint density at radius 1 is 1.15 bits per heavy atom. The molecule has 0 unspecified atom stereocenters. The van der Waals surface area contributed by atoms with Gasteiger partial charge in [-0.15, -0.1) is 0 Å². The molecule has 10 nitrogen and oxygen atoms in total. The van der Waals surface area contributed by atoms with Crippen molar-refractivity contribution >= 4 is 26.2 Å². The van der Waals surface area contributed by atoms with Gasteiger partial charge in [-0.05, 0) is 38.5 Å². The second kappa shape index (κ2) is 9.91. The predicted octanol–water partition coefficient (Wildman–Crippen LogP) is 2.06. The molecule has 1 saturated heterocycles. The molecule has 0 aliphatic carbocycles. The summed E-state index contributed by atoms with van der Waals surface area (Å²) in [5.74, 6) is -3.37. The van der Waals surface area contributed by atoms with Gasteiger partial charge in [0, 0.05) is 13.1 Å². The molecule has 194 valence electrons. The van der Waals surface area contributed by atoms with Crippen LogP contribution in [0.15, 0.2) is 24.3 Å². The fourth-order valence-corrected chi connectivity index (χ4v) is 4.86. The van der Waals surface area contributed by atoms with Gasteiger partial charge >= 0.3 is 6.09 Å². The minimum Gasteiger partial charge on any atom is -0.497 e. The highest BCUT2D eigenvalue weighted by atomic mass is 32.2. The largest absolute Gasteiger partial charge is 0.497 e. The highest BCUT2D eigenvalue weighted by Gasteiger charge is 2.62. The van der Waals surface area contributed by atoms with Gasteiger partial charge in [-0.1, -0.05) is 12.1 Å². The molecular weight excluding hydrogens is 498 g/mol.